The van der Waals surface area contributed by atoms with E-state index in [1.165, 1.54) is 17.0 Å². The summed E-state index contributed by atoms with van der Waals surface area (Å²) in [7, 11) is 0. The number of amides is 1. The molecule has 2 aliphatic rings. The number of hydrogen-bond acceptors (Lipinski definition) is 7. The van der Waals surface area contributed by atoms with Crippen molar-refractivity contribution in [3.05, 3.63) is 59.2 Å². The number of Topliss-reactive ketones (excluding diaryl/α,β-unsaturated/α-hetero) is 1. The van der Waals surface area contributed by atoms with E-state index < -0.39 is 17.7 Å². The first-order valence-electron chi connectivity index (χ1n) is 11.0. The van der Waals surface area contributed by atoms with E-state index in [0.717, 1.165) is 0 Å². The van der Waals surface area contributed by atoms with Gasteiger partial charge in [-0.15, -0.1) is 0 Å². The van der Waals surface area contributed by atoms with E-state index in [0.29, 0.717) is 48.9 Å². The summed E-state index contributed by atoms with van der Waals surface area (Å²) in [5, 5.41) is 21.2. The van der Waals surface area contributed by atoms with Crippen molar-refractivity contribution in [2.45, 2.75) is 32.4 Å². The largest absolute Gasteiger partial charge is 0.508 e. The second-order valence-electron chi connectivity index (χ2n) is 8.22. The monoisotopic (exact) mass is 453 g/mol. The Morgan fingerprint density at radius 2 is 1.88 bits per heavy atom. The Kier molecular flexibility index (Phi) is 6.55. The zero-order chi connectivity index (χ0) is 23.5. The fourth-order valence-electron chi connectivity index (χ4n) is 4.05. The molecule has 0 radical (unpaired) electrons. The molecule has 2 heterocycles. The fourth-order valence-corrected chi connectivity index (χ4v) is 4.05. The molecule has 0 aliphatic carbocycles. The number of aliphatic hydroxyl groups excluding tert-OH is 1. The Balaban J connectivity index is 1.74. The summed E-state index contributed by atoms with van der Waals surface area (Å²) in [6.45, 7) is 5.34. The third kappa shape index (κ3) is 4.66. The number of aromatic hydroxyl groups is 1. The van der Waals surface area contributed by atoms with Gasteiger partial charge in [0, 0.05) is 18.7 Å². The van der Waals surface area contributed by atoms with E-state index in [1.807, 2.05) is 13.8 Å². The Labute approximate surface area is 192 Å². The van der Waals surface area contributed by atoms with Gasteiger partial charge in [-0.3, -0.25) is 9.59 Å². The fraction of sp³-hybridized carbons (Fsp3) is 0.360. The van der Waals surface area contributed by atoms with Gasteiger partial charge >= 0.3 is 0 Å². The molecule has 0 saturated carbocycles. The molecule has 2 aromatic carbocycles. The van der Waals surface area contributed by atoms with Crippen molar-refractivity contribution in [1.82, 2.24) is 4.90 Å². The summed E-state index contributed by atoms with van der Waals surface area (Å²) in [5.41, 5.74) is 0.829. The number of carbonyl (C=O) groups excluding carboxylic acids is 2. The number of benzene rings is 2. The van der Waals surface area contributed by atoms with Crippen LogP contribution in [-0.4, -0.2) is 59.3 Å². The lowest BCUT2D eigenvalue weighted by molar-refractivity contribution is -0.140. The van der Waals surface area contributed by atoms with Crippen LogP contribution in [0, 0.1) is 0 Å². The molecular formula is C25H27NO7. The molecular weight excluding hydrogens is 426 g/mol. The van der Waals surface area contributed by atoms with Gasteiger partial charge in [-0.25, -0.2) is 0 Å². The molecule has 174 valence electrons. The molecule has 8 heteroatoms. The zero-order valence-electron chi connectivity index (χ0n) is 18.6. The van der Waals surface area contributed by atoms with Crippen molar-refractivity contribution in [3.63, 3.8) is 0 Å². The normalized spacial score (nSPS) is 19.4. The summed E-state index contributed by atoms with van der Waals surface area (Å²) >= 11 is 0. The van der Waals surface area contributed by atoms with Crippen LogP contribution in [0.1, 0.15) is 37.4 Å². The second kappa shape index (κ2) is 9.54. The Morgan fingerprint density at radius 1 is 1.12 bits per heavy atom. The minimum absolute atomic E-state index is 0.000517. The molecule has 0 aromatic heterocycles. The van der Waals surface area contributed by atoms with Gasteiger partial charge in [-0.05, 0) is 56.2 Å². The maximum absolute atomic E-state index is 13.1. The highest BCUT2D eigenvalue weighted by atomic mass is 16.6. The highest BCUT2D eigenvalue weighted by Crippen LogP contribution is 2.41. The Morgan fingerprint density at radius 3 is 2.61 bits per heavy atom. The van der Waals surface area contributed by atoms with Gasteiger partial charge in [0.25, 0.3) is 11.7 Å². The molecule has 1 saturated heterocycles. The van der Waals surface area contributed by atoms with Gasteiger partial charge in [0.15, 0.2) is 11.5 Å². The van der Waals surface area contributed by atoms with Gasteiger partial charge in [0.05, 0.1) is 17.7 Å². The smallest absolute Gasteiger partial charge is 0.295 e. The van der Waals surface area contributed by atoms with Crippen LogP contribution in [0.5, 0.6) is 17.2 Å². The number of hydrogen-bond donors (Lipinski definition) is 2. The van der Waals surface area contributed by atoms with Crippen molar-refractivity contribution < 1.29 is 34.0 Å². The van der Waals surface area contributed by atoms with Crippen LogP contribution in [0.3, 0.4) is 0 Å². The first kappa shape index (κ1) is 22.7. The molecule has 1 fully saturated rings. The van der Waals surface area contributed by atoms with Gasteiger partial charge in [0.2, 0.25) is 0 Å². The maximum Gasteiger partial charge on any atom is 0.295 e. The summed E-state index contributed by atoms with van der Waals surface area (Å²) in [4.78, 5) is 27.5. The van der Waals surface area contributed by atoms with Gasteiger partial charge in [-0.2, -0.15) is 0 Å². The third-order valence-electron chi connectivity index (χ3n) is 5.54. The lowest BCUT2D eigenvalue weighted by atomic mass is 9.95. The average molecular weight is 453 g/mol. The number of phenols is 1. The van der Waals surface area contributed by atoms with Crippen LogP contribution in [0.25, 0.3) is 5.76 Å². The van der Waals surface area contributed by atoms with Crippen molar-refractivity contribution in [1.29, 1.82) is 0 Å². The number of fused-ring (bicyclic) bond motifs is 1. The van der Waals surface area contributed by atoms with Crippen LogP contribution in [0.15, 0.2) is 48.0 Å². The van der Waals surface area contributed by atoms with Crippen LogP contribution in [0.2, 0.25) is 0 Å². The first-order valence-corrected chi connectivity index (χ1v) is 11.0. The average Bonchev–Trinajstić information content (AvgIpc) is 3.06. The Bertz CT molecular complexity index is 1090. The molecule has 8 nitrogen and oxygen atoms in total. The Hall–Kier alpha value is -3.52. The number of ether oxygens (including phenoxy) is 3. The van der Waals surface area contributed by atoms with Crippen molar-refractivity contribution in [3.8, 4) is 17.2 Å². The number of aliphatic hydroxyl groups is 1. The number of rotatable bonds is 7. The van der Waals surface area contributed by atoms with E-state index in [2.05, 4.69) is 0 Å². The third-order valence-corrected chi connectivity index (χ3v) is 5.54. The number of likely N-dealkylation sites (tertiary alicyclic amines) is 1. The first-order chi connectivity index (χ1) is 15.9. The molecule has 1 amide bonds. The van der Waals surface area contributed by atoms with Crippen LogP contribution in [-0.2, 0) is 14.3 Å². The second-order valence-corrected chi connectivity index (χ2v) is 8.22. The molecule has 1 atom stereocenters. The standard InChI is InChI=1S/C25H27NO7/c1-15(2)31-10-4-9-26-22(16-5-3-6-18(27)13-16)21(24(29)25(26)30)23(28)17-7-8-19-20(14-17)33-12-11-32-19/h3,5-8,13-15,22,27-28H,4,9-12H2,1-2H3/b23-21-. The van der Waals surface area contributed by atoms with E-state index in [1.54, 1.807) is 30.3 Å². The van der Waals surface area contributed by atoms with Crippen LogP contribution < -0.4 is 9.47 Å². The maximum atomic E-state index is 13.1. The van der Waals surface area contributed by atoms with E-state index in [-0.39, 0.29) is 29.7 Å². The SMILES string of the molecule is CC(C)OCCCN1C(=O)C(=O)/C(=C(\O)c2ccc3c(c2)OCCO3)C1c1cccc(O)c1. The molecule has 2 aliphatic heterocycles. The molecule has 2 aromatic rings. The van der Waals surface area contributed by atoms with Crippen molar-refractivity contribution >= 4 is 17.4 Å². The summed E-state index contributed by atoms with van der Waals surface area (Å²) in [6.07, 6.45) is 0.572. The molecule has 2 N–H and O–H groups in total. The van der Waals surface area contributed by atoms with Gasteiger partial charge in [0.1, 0.15) is 24.7 Å². The number of carbonyl (C=O) groups is 2. The highest BCUT2D eigenvalue weighted by molar-refractivity contribution is 6.46. The van der Waals surface area contributed by atoms with E-state index in [4.69, 9.17) is 14.2 Å². The van der Waals surface area contributed by atoms with Gasteiger partial charge < -0.3 is 29.3 Å². The molecule has 4 rings (SSSR count). The number of nitrogens with zero attached hydrogens (tertiary/aromatic N) is 1. The summed E-state index contributed by atoms with van der Waals surface area (Å²) in [6, 6.07) is 10.4. The predicted octanol–water partition coefficient (Wildman–Crippen LogP) is 3.40. The quantitative estimate of drug-likeness (QED) is 0.286. The summed E-state index contributed by atoms with van der Waals surface area (Å²) in [5.74, 6) is -0.778. The zero-order valence-corrected chi connectivity index (χ0v) is 18.6. The minimum atomic E-state index is -0.843. The van der Waals surface area contributed by atoms with E-state index in [9.17, 15) is 19.8 Å². The van der Waals surface area contributed by atoms with Crippen molar-refractivity contribution in [2.24, 2.45) is 0 Å². The lowest BCUT2D eigenvalue weighted by Crippen LogP contribution is -2.31. The van der Waals surface area contributed by atoms with Gasteiger partial charge in [-0.1, -0.05) is 12.1 Å². The molecule has 1 unspecified atom stereocenters. The minimum Gasteiger partial charge on any atom is -0.508 e. The van der Waals surface area contributed by atoms with Crippen LogP contribution in [0.4, 0.5) is 0 Å². The topological polar surface area (TPSA) is 106 Å². The van der Waals surface area contributed by atoms with E-state index >= 15 is 0 Å². The molecule has 0 bridgehead atoms. The molecule has 33 heavy (non-hydrogen) atoms. The summed E-state index contributed by atoms with van der Waals surface area (Å²) < 4.78 is 16.7. The predicted molar refractivity (Wildman–Crippen MR) is 120 cm³/mol. The molecule has 0 spiro atoms. The number of ketones is 1. The van der Waals surface area contributed by atoms with Crippen molar-refractivity contribution in [2.75, 3.05) is 26.4 Å². The number of phenolic OH excluding ortho intramolecular Hbond substituents is 1. The lowest BCUT2D eigenvalue weighted by Gasteiger charge is -2.25. The highest BCUT2D eigenvalue weighted by Gasteiger charge is 2.46. The van der Waals surface area contributed by atoms with Crippen LogP contribution >= 0.6 is 0 Å².